The summed E-state index contributed by atoms with van der Waals surface area (Å²) in [4.78, 5) is 26.1. The van der Waals surface area contributed by atoms with E-state index in [4.69, 9.17) is 0 Å². The van der Waals surface area contributed by atoms with Gasteiger partial charge in [0.15, 0.2) is 0 Å². The maximum atomic E-state index is 13.1. The third-order valence-corrected chi connectivity index (χ3v) is 6.89. The SMILES string of the molecule is C[C@]12C(=O)[C@H]3[C@@H](C(=O)[C@H]1[C@H]1C=C[C@@H]2C1)[C@H]1C=C[C@@H]3C1. The van der Waals surface area contributed by atoms with Crippen molar-refractivity contribution in [1.82, 2.24) is 0 Å². The van der Waals surface area contributed by atoms with Crippen molar-refractivity contribution in [3.05, 3.63) is 24.3 Å². The molecule has 4 bridgehead atoms. The van der Waals surface area contributed by atoms with E-state index in [0.29, 0.717) is 35.2 Å². The summed E-state index contributed by atoms with van der Waals surface area (Å²) in [6, 6.07) is 0. The largest absolute Gasteiger partial charge is 0.299 e. The second-order valence-corrected chi connectivity index (χ2v) is 7.42. The number of hydrogen-bond acceptors (Lipinski definition) is 2. The van der Waals surface area contributed by atoms with Crippen molar-refractivity contribution in [3.8, 4) is 0 Å². The maximum Gasteiger partial charge on any atom is 0.144 e. The number of ketones is 2. The summed E-state index contributed by atoms with van der Waals surface area (Å²) in [7, 11) is 0. The van der Waals surface area contributed by atoms with Gasteiger partial charge in [-0.1, -0.05) is 31.2 Å². The Morgan fingerprint density at radius 3 is 2.42 bits per heavy atom. The van der Waals surface area contributed by atoms with Gasteiger partial charge in [0, 0.05) is 23.2 Å². The van der Waals surface area contributed by atoms with Crippen LogP contribution in [-0.4, -0.2) is 11.6 Å². The molecule has 2 heteroatoms. The van der Waals surface area contributed by atoms with E-state index in [2.05, 4.69) is 31.2 Å². The lowest BCUT2D eigenvalue weighted by Gasteiger charge is -2.47. The molecule has 19 heavy (non-hydrogen) atoms. The van der Waals surface area contributed by atoms with Crippen LogP contribution in [0.1, 0.15) is 19.8 Å². The predicted molar refractivity (Wildman–Crippen MR) is 70.1 cm³/mol. The van der Waals surface area contributed by atoms with Crippen LogP contribution in [0.15, 0.2) is 24.3 Å². The number of allylic oxidation sites excluding steroid dienone is 4. The number of carbonyl (C=O) groups excluding carboxylic acids is 2. The highest BCUT2D eigenvalue weighted by Crippen LogP contribution is 2.65. The zero-order valence-corrected chi connectivity index (χ0v) is 11.1. The van der Waals surface area contributed by atoms with Crippen LogP contribution < -0.4 is 0 Å². The molecule has 0 N–H and O–H groups in total. The van der Waals surface area contributed by atoms with Crippen molar-refractivity contribution < 1.29 is 9.59 Å². The molecule has 0 saturated heterocycles. The molecule has 8 atom stereocenters. The average molecular weight is 254 g/mol. The van der Waals surface area contributed by atoms with Crippen molar-refractivity contribution in [2.75, 3.05) is 0 Å². The molecular weight excluding hydrogens is 236 g/mol. The molecule has 98 valence electrons. The number of carbonyl (C=O) groups is 2. The summed E-state index contributed by atoms with van der Waals surface area (Å²) in [6.45, 7) is 2.08. The molecule has 5 aliphatic carbocycles. The highest BCUT2D eigenvalue weighted by Gasteiger charge is 2.69. The summed E-state index contributed by atoms with van der Waals surface area (Å²) in [5.74, 6) is 2.23. The van der Waals surface area contributed by atoms with Crippen LogP contribution >= 0.6 is 0 Å². The molecule has 0 unspecified atom stereocenters. The van der Waals surface area contributed by atoms with Crippen molar-refractivity contribution in [3.63, 3.8) is 0 Å². The first-order chi connectivity index (χ1) is 9.12. The van der Waals surface area contributed by atoms with Gasteiger partial charge in [-0.3, -0.25) is 9.59 Å². The first-order valence-corrected chi connectivity index (χ1v) is 7.57. The highest BCUT2D eigenvalue weighted by atomic mass is 16.1. The Hall–Kier alpha value is -1.18. The predicted octanol–water partition coefficient (Wildman–Crippen LogP) is 2.40. The van der Waals surface area contributed by atoms with Gasteiger partial charge in [0.25, 0.3) is 0 Å². The van der Waals surface area contributed by atoms with Crippen molar-refractivity contribution >= 4 is 11.6 Å². The van der Waals surface area contributed by atoms with Gasteiger partial charge in [0.05, 0.1) is 0 Å². The van der Waals surface area contributed by atoms with Crippen LogP contribution in [0.3, 0.4) is 0 Å². The summed E-state index contributed by atoms with van der Waals surface area (Å²) >= 11 is 0. The van der Waals surface area contributed by atoms with E-state index in [0.717, 1.165) is 12.8 Å². The van der Waals surface area contributed by atoms with E-state index in [1.54, 1.807) is 0 Å². The van der Waals surface area contributed by atoms with E-state index in [-0.39, 0.29) is 23.2 Å². The minimum Gasteiger partial charge on any atom is -0.299 e. The Kier molecular flexibility index (Phi) is 1.64. The minimum absolute atomic E-state index is 0.0102. The number of hydrogen-bond donors (Lipinski definition) is 0. The van der Waals surface area contributed by atoms with Crippen LogP contribution in [0.5, 0.6) is 0 Å². The van der Waals surface area contributed by atoms with Crippen LogP contribution in [0.25, 0.3) is 0 Å². The van der Waals surface area contributed by atoms with E-state index in [9.17, 15) is 9.59 Å². The van der Waals surface area contributed by atoms with Gasteiger partial charge < -0.3 is 0 Å². The average Bonchev–Trinajstić information content (AvgIpc) is 3.12. The molecular formula is C17H18O2. The lowest BCUT2D eigenvalue weighted by Crippen LogP contribution is -2.56. The lowest BCUT2D eigenvalue weighted by molar-refractivity contribution is -0.155. The normalized spacial score (nSPS) is 59.9. The fourth-order valence-corrected chi connectivity index (χ4v) is 6.07. The van der Waals surface area contributed by atoms with Crippen molar-refractivity contribution in [2.45, 2.75) is 19.8 Å². The van der Waals surface area contributed by atoms with Gasteiger partial charge in [0.1, 0.15) is 11.6 Å². The first kappa shape index (κ1) is 10.6. The van der Waals surface area contributed by atoms with Crippen LogP contribution in [0.2, 0.25) is 0 Å². The van der Waals surface area contributed by atoms with Gasteiger partial charge in [-0.2, -0.15) is 0 Å². The number of rotatable bonds is 0. The zero-order valence-electron chi connectivity index (χ0n) is 11.1. The lowest BCUT2D eigenvalue weighted by atomic mass is 9.53. The molecule has 0 aromatic rings. The quantitative estimate of drug-likeness (QED) is 0.622. The number of fused-ring (bicyclic) bond motifs is 10. The summed E-state index contributed by atoms with van der Waals surface area (Å²) in [6.07, 6.45) is 10.9. The fraction of sp³-hybridized carbons (Fsp3) is 0.647. The summed E-state index contributed by atoms with van der Waals surface area (Å²) in [5.41, 5.74) is -0.379. The molecule has 0 aromatic carbocycles. The van der Waals surface area contributed by atoms with E-state index < -0.39 is 0 Å². The summed E-state index contributed by atoms with van der Waals surface area (Å²) in [5, 5.41) is 0. The van der Waals surface area contributed by atoms with Crippen LogP contribution in [-0.2, 0) is 9.59 Å². The standard InChI is InChI=1S/C17H18O2/c1-17-11-5-4-10(7-11)14(17)15(18)12-8-2-3-9(6-8)13(12)16(17)19/h2-5,8-14H,6-7H2,1H3/t8-,9+,10-,11+,12-,13+,14+,17+/m0/s1. The highest BCUT2D eigenvalue weighted by molar-refractivity contribution is 6.04. The molecule has 0 radical (unpaired) electrons. The molecule has 0 spiro atoms. The Morgan fingerprint density at radius 2 is 1.63 bits per heavy atom. The smallest absolute Gasteiger partial charge is 0.144 e. The molecule has 0 heterocycles. The Bertz CT molecular complexity index is 572. The van der Waals surface area contributed by atoms with Gasteiger partial charge in [-0.25, -0.2) is 0 Å². The monoisotopic (exact) mass is 254 g/mol. The van der Waals surface area contributed by atoms with Crippen LogP contribution in [0, 0.1) is 46.8 Å². The third-order valence-electron chi connectivity index (χ3n) is 6.89. The van der Waals surface area contributed by atoms with Gasteiger partial charge in [-0.15, -0.1) is 0 Å². The van der Waals surface area contributed by atoms with Gasteiger partial charge in [0.2, 0.25) is 0 Å². The maximum absolute atomic E-state index is 13.1. The number of Topliss-reactive ketones (excluding diaryl/α,β-unsaturated/α-hetero) is 2. The Balaban J connectivity index is 1.70. The zero-order chi connectivity index (χ0) is 12.9. The van der Waals surface area contributed by atoms with Gasteiger partial charge >= 0.3 is 0 Å². The summed E-state index contributed by atoms with van der Waals surface area (Å²) < 4.78 is 0. The molecule has 0 aromatic heterocycles. The first-order valence-electron chi connectivity index (χ1n) is 7.57. The van der Waals surface area contributed by atoms with Crippen molar-refractivity contribution in [1.29, 1.82) is 0 Å². The second-order valence-electron chi connectivity index (χ2n) is 7.42. The molecule has 2 nitrogen and oxygen atoms in total. The molecule has 0 amide bonds. The molecule has 0 aliphatic heterocycles. The van der Waals surface area contributed by atoms with E-state index >= 15 is 0 Å². The fourth-order valence-electron chi connectivity index (χ4n) is 6.07. The minimum atomic E-state index is -0.379. The van der Waals surface area contributed by atoms with Crippen LogP contribution in [0.4, 0.5) is 0 Å². The molecule has 3 saturated carbocycles. The third kappa shape index (κ3) is 0.936. The van der Waals surface area contributed by atoms with Crippen molar-refractivity contribution in [2.24, 2.45) is 46.8 Å². The topological polar surface area (TPSA) is 34.1 Å². The van der Waals surface area contributed by atoms with E-state index in [1.807, 2.05) is 0 Å². The molecule has 5 aliphatic rings. The Labute approximate surface area is 112 Å². The van der Waals surface area contributed by atoms with E-state index in [1.165, 1.54) is 0 Å². The molecule has 5 rings (SSSR count). The van der Waals surface area contributed by atoms with Gasteiger partial charge in [-0.05, 0) is 36.5 Å². The molecule has 3 fully saturated rings. The second kappa shape index (κ2) is 2.94. The Morgan fingerprint density at radius 1 is 0.947 bits per heavy atom.